The number of hydrogen-bond acceptors (Lipinski definition) is 1. The van der Waals surface area contributed by atoms with E-state index in [4.69, 9.17) is 0 Å². The molecular weight excluding hydrogens is 264 g/mol. The fourth-order valence-electron chi connectivity index (χ4n) is 1.78. The van der Waals surface area contributed by atoms with Gasteiger partial charge < -0.3 is 0 Å². The highest BCUT2D eigenvalue weighted by molar-refractivity contribution is 9.09. The van der Waals surface area contributed by atoms with Crippen LogP contribution in [0.3, 0.4) is 0 Å². The van der Waals surface area contributed by atoms with Crippen LogP contribution in [-0.2, 0) is 19.4 Å². The van der Waals surface area contributed by atoms with Crippen LogP contribution < -0.4 is 0 Å². The Kier molecular flexibility index (Phi) is 5.53. The van der Waals surface area contributed by atoms with E-state index in [1.165, 1.54) is 17.8 Å². The molecule has 0 amide bonds. The molecule has 0 bridgehead atoms. The van der Waals surface area contributed by atoms with E-state index < -0.39 is 0 Å². The van der Waals surface area contributed by atoms with Gasteiger partial charge in [-0.2, -0.15) is 5.10 Å². The summed E-state index contributed by atoms with van der Waals surface area (Å²) >= 11 is 3.74. The minimum Gasteiger partial charge on any atom is -0.270 e. The van der Waals surface area contributed by atoms with E-state index in [0.29, 0.717) is 10.7 Å². The second kappa shape index (κ2) is 6.43. The average Bonchev–Trinajstić information content (AvgIpc) is 2.68. The summed E-state index contributed by atoms with van der Waals surface area (Å²) in [6.45, 7) is 9.81. The zero-order valence-electron chi connectivity index (χ0n) is 10.8. The smallest absolute Gasteiger partial charge is 0.0624 e. The fourth-order valence-corrected chi connectivity index (χ4v) is 2.01. The van der Waals surface area contributed by atoms with Gasteiger partial charge in [-0.05, 0) is 38.2 Å². The number of halogens is 1. The van der Waals surface area contributed by atoms with Crippen LogP contribution in [0.25, 0.3) is 0 Å². The molecule has 0 saturated heterocycles. The standard InChI is InChI=1S/C13H23BrN2/c1-5-11-9-12(16(6-2)15-11)7-8-13(14)10(3)4/h9-10,13H,5-8H2,1-4H3. The number of nitrogens with zero attached hydrogens (tertiary/aromatic N) is 2. The summed E-state index contributed by atoms with van der Waals surface area (Å²) in [4.78, 5) is 0.609. The van der Waals surface area contributed by atoms with Crippen LogP contribution in [0.2, 0.25) is 0 Å². The number of alkyl halides is 1. The van der Waals surface area contributed by atoms with Gasteiger partial charge in [-0.3, -0.25) is 4.68 Å². The zero-order valence-corrected chi connectivity index (χ0v) is 12.4. The van der Waals surface area contributed by atoms with E-state index in [-0.39, 0.29) is 0 Å². The molecule has 0 aliphatic rings. The quantitative estimate of drug-likeness (QED) is 0.727. The van der Waals surface area contributed by atoms with Crippen LogP contribution in [0.15, 0.2) is 6.07 Å². The van der Waals surface area contributed by atoms with Crippen molar-refractivity contribution in [1.29, 1.82) is 0 Å². The lowest BCUT2D eigenvalue weighted by Crippen LogP contribution is -2.10. The van der Waals surface area contributed by atoms with Gasteiger partial charge in [0, 0.05) is 17.1 Å². The Balaban J connectivity index is 2.62. The SMILES string of the molecule is CCc1cc(CCC(Br)C(C)C)n(CC)n1. The van der Waals surface area contributed by atoms with Crippen molar-refractivity contribution in [2.45, 2.75) is 58.3 Å². The van der Waals surface area contributed by atoms with E-state index in [2.05, 4.69) is 59.5 Å². The maximum atomic E-state index is 4.57. The predicted molar refractivity (Wildman–Crippen MR) is 73.2 cm³/mol. The van der Waals surface area contributed by atoms with Crippen molar-refractivity contribution >= 4 is 15.9 Å². The van der Waals surface area contributed by atoms with E-state index in [0.717, 1.165) is 19.4 Å². The lowest BCUT2D eigenvalue weighted by atomic mass is 10.0. The molecule has 0 aliphatic heterocycles. The zero-order chi connectivity index (χ0) is 12.1. The normalized spacial score (nSPS) is 13.4. The Morgan fingerprint density at radius 2 is 2.06 bits per heavy atom. The highest BCUT2D eigenvalue weighted by Gasteiger charge is 2.11. The fraction of sp³-hybridized carbons (Fsp3) is 0.769. The predicted octanol–water partition coefficient (Wildman–Crippen LogP) is 3.82. The van der Waals surface area contributed by atoms with E-state index >= 15 is 0 Å². The monoisotopic (exact) mass is 286 g/mol. The molecule has 2 nitrogen and oxygen atoms in total. The minimum absolute atomic E-state index is 0.609. The molecule has 0 aliphatic carbocycles. The third-order valence-corrected chi connectivity index (χ3v) is 4.49. The van der Waals surface area contributed by atoms with Gasteiger partial charge in [0.1, 0.15) is 0 Å². The maximum Gasteiger partial charge on any atom is 0.0624 e. The molecule has 3 heteroatoms. The number of rotatable bonds is 6. The van der Waals surface area contributed by atoms with Crippen molar-refractivity contribution in [3.05, 3.63) is 17.5 Å². The summed E-state index contributed by atoms with van der Waals surface area (Å²) < 4.78 is 2.14. The van der Waals surface area contributed by atoms with Crippen LogP contribution in [0.5, 0.6) is 0 Å². The highest BCUT2D eigenvalue weighted by Crippen LogP contribution is 2.19. The summed E-state index contributed by atoms with van der Waals surface area (Å²) in [5.74, 6) is 0.698. The third kappa shape index (κ3) is 3.62. The Morgan fingerprint density at radius 1 is 1.38 bits per heavy atom. The van der Waals surface area contributed by atoms with Gasteiger partial charge >= 0.3 is 0 Å². The molecular formula is C13H23BrN2. The van der Waals surface area contributed by atoms with Crippen molar-refractivity contribution in [2.75, 3.05) is 0 Å². The molecule has 1 atom stereocenters. The first kappa shape index (κ1) is 13.8. The minimum atomic E-state index is 0.609. The molecule has 1 heterocycles. The molecule has 0 spiro atoms. The number of aromatic nitrogens is 2. The van der Waals surface area contributed by atoms with E-state index in [1.54, 1.807) is 0 Å². The lowest BCUT2D eigenvalue weighted by Gasteiger charge is -2.13. The summed E-state index contributed by atoms with van der Waals surface area (Å²) in [6, 6.07) is 2.25. The maximum absolute atomic E-state index is 4.57. The molecule has 16 heavy (non-hydrogen) atoms. The van der Waals surface area contributed by atoms with Gasteiger partial charge in [-0.15, -0.1) is 0 Å². The molecule has 1 unspecified atom stereocenters. The summed E-state index contributed by atoms with van der Waals surface area (Å²) in [5.41, 5.74) is 2.59. The first-order valence-corrected chi connectivity index (χ1v) is 7.19. The molecule has 1 aromatic heterocycles. The Hall–Kier alpha value is -0.310. The Morgan fingerprint density at radius 3 is 2.56 bits per heavy atom. The van der Waals surface area contributed by atoms with Gasteiger partial charge in [0.2, 0.25) is 0 Å². The largest absolute Gasteiger partial charge is 0.270 e. The summed E-state index contributed by atoms with van der Waals surface area (Å²) in [5, 5.41) is 4.57. The van der Waals surface area contributed by atoms with E-state index in [1.807, 2.05) is 0 Å². The van der Waals surface area contributed by atoms with Crippen LogP contribution in [0, 0.1) is 5.92 Å². The lowest BCUT2D eigenvalue weighted by molar-refractivity contribution is 0.554. The van der Waals surface area contributed by atoms with Crippen LogP contribution in [0.4, 0.5) is 0 Å². The summed E-state index contributed by atoms with van der Waals surface area (Å²) in [6.07, 6.45) is 3.34. The molecule has 0 saturated carbocycles. The van der Waals surface area contributed by atoms with Crippen molar-refractivity contribution in [3.8, 4) is 0 Å². The van der Waals surface area contributed by atoms with Gasteiger partial charge in [-0.25, -0.2) is 0 Å². The average molecular weight is 287 g/mol. The van der Waals surface area contributed by atoms with E-state index in [9.17, 15) is 0 Å². The first-order chi connectivity index (χ1) is 7.58. The first-order valence-electron chi connectivity index (χ1n) is 6.28. The van der Waals surface area contributed by atoms with Gasteiger partial charge in [0.25, 0.3) is 0 Å². The van der Waals surface area contributed by atoms with Gasteiger partial charge in [0.15, 0.2) is 0 Å². The Labute approximate surface area is 108 Å². The molecule has 92 valence electrons. The van der Waals surface area contributed by atoms with Crippen molar-refractivity contribution in [3.63, 3.8) is 0 Å². The van der Waals surface area contributed by atoms with Crippen molar-refractivity contribution in [1.82, 2.24) is 9.78 Å². The number of hydrogen-bond donors (Lipinski definition) is 0. The van der Waals surface area contributed by atoms with Gasteiger partial charge in [0.05, 0.1) is 5.69 Å². The Bertz CT molecular complexity index is 318. The topological polar surface area (TPSA) is 17.8 Å². The molecule has 1 rings (SSSR count). The molecule has 0 aromatic carbocycles. The van der Waals surface area contributed by atoms with Crippen LogP contribution in [0.1, 0.15) is 45.5 Å². The second-order valence-electron chi connectivity index (χ2n) is 4.60. The molecule has 0 N–H and O–H groups in total. The van der Waals surface area contributed by atoms with Gasteiger partial charge in [-0.1, -0.05) is 36.7 Å². The van der Waals surface area contributed by atoms with Crippen molar-refractivity contribution in [2.24, 2.45) is 5.92 Å². The van der Waals surface area contributed by atoms with Crippen LogP contribution >= 0.6 is 15.9 Å². The second-order valence-corrected chi connectivity index (χ2v) is 5.77. The van der Waals surface area contributed by atoms with Crippen molar-refractivity contribution < 1.29 is 0 Å². The van der Waals surface area contributed by atoms with Crippen LogP contribution in [-0.4, -0.2) is 14.6 Å². The molecule has 1 aromatic rings. The number of aryl methyl sites for hydroxylation is 3. The third-order valence-electron chi connectivity index (χ3n) is 2.98. The molecule has 0 radical (unpaired) electrons. The summed E-state index contributed by atoms with van der Waals surface area (Å²) in [7, 11) is 0. The highest BCUT2D eigenvalue weighted by atomic mass is 79.9. The molecule has 0 fully saturated rings.